The number of amides is 2. The van der Waals surface area contributed by atoms with Crippen molar-refractivity contribution < 1.29 is 14.3 Å². The smallest absolute Gasteiger partial charge is 0.239 e. The zero-order chi connectivity index (χ0) is 14.5. The van der Waals surface area contributed by atoms with Gasteiger partial charge in [-0.15, -0.1) is 0 Å². The molecule has 0 radical (unpaired) electrons. The highest BCUT2D eigenvalue weighted by Gasteiger charge is 2.09. The minimum absolute atomic E-state index is 0.0240. The van der Waals surface area contributed by atoms with Crippen molar-refractivity contribution in [3.05, 3.63) is 0 Å². The lowest BCUT2D eigenvalue weighted by molar-refractivity contribution is -0.126. The van der Waals surface area contributed by atoms with Gasteiger partial charge in [0.2, 0.25) is 11.8 Å². The van der Waals surface area contributed by atoms with Crippen LogP contribution < -0.4 is 16.4 Å². The van der Waals surface area contributed by atoms with Crippen molar-refractivity contribution in [1.82, 2.24) is 10.6 Å². The molecule has 6 nitrogen and oxygen atoms in total. The molecule has 0 aliphatic rings. The van der Waals surface area contributed by atoms with Gasteiger partial charge in [-0.1, -0.05) is 13.3 Å². The van der Waals surface area contributed by atoms with Crippen molar-refractivity contribution in [2.24, 2.45) is 11.7 Å². The first-order valence-corrected chi connectivity index (χ1v) is 6.86. The van der Waals surface area contributed by atoms with Gasteiger partial charge in [0.1, 0.15) is 0 Å². The van der Waals surface area contributed by atoms with Gasteiger partial charge in [0.25, 0.3) is 0 Å². The van der Waals surface area contributed by atoms with E-state index < -0.39 is 0 Å². The molecule has 0 aromatic heterocycles. The van der Waals surface area contributed by atoms with Gasteiger partial charge in [-0.25, -0.2) is 0 Å². The molecule has 0 aliphatic heterocycles. The lowest BCUT2D eigenvalue weighted by Gasteiger charge is -2.13. The van der Waals surface area contributed by atoms with Gasteiger partial charge in [-0.3, -0.25) is 9.59 Å². The largest absolute Gasteiger partial charge is 0.383 e. The minimum atomic E-state index is -0.195. The first kappa shape index (κ1) is 17.9. The first-order chi connectivity index (χ1) is 9.13. The highest BCUT2D eigenvalue weighted by Crippen LogP contribution is 2.13. The topological polar surface area (TPSA) is 93.5 Å². The van der Waals surface area contributed by atoms with Crippen LogP contribution in [0.15, 0.2) is 0 Å². The molecule has 4 N–H and O–H groups in total. The van der Waals surface area contributed by atoms with E-state index in [4.69, 9.17) is 10.5 Å². The summed E-state index contributed by atoms with van der Waals surface area (Å²) in [7, 11) is 1.57. The second kappa shape index (κ2) is 11.9. The number of ether oxygens (including phenoxy) is 1. The fraction of sp³-hybridized carbons (Fsp3) is 0.846. The summed E-state index contributed by atoms with van der Waals surface area (Å²) in [6, 6.07) is 0. The highest BCUT2D eigenvalue weighted by molar-refractivity contribution is 5.84. The van der Waals surface area contributed by atoms with Crippen LogP contribution in [0.3, 0.4) is 0 Å². The Kier molecular flexibility index (Phi) is 11.2. The third kappa shape index (κ3) is 10.5. The molecule has 19 heavy (non-hydrogen) atoms. The lowest BCUT2D eigenvalue weighted by atomic mass is 9.96. The van der Waals surface area contributed by atoms with Crippen molar-refractivity contribution in [2.75, 3.05) is 33.4 Å². The van der Waals surface area contributed by atoms with Crippen molar-refractivity contribution in [1.29, 1.82) is 0 Å². The molecule has 0 bridgehead atoms. The summed E-state index contributed by atoms with van der Waals surface area (Å²) >= 11 is 0. The van der Waals surface area contributed by atoms with Gasteiger partial charge in [0.15, 0.2) is 0 Å². The second-order valence-corrected chi connectivity index (χ2v) is 4.51. The van der Waals surface area contributed by atoms with E-state index in [1.807, 2.05) is 0 Å². The standard InChI is InChI=1S/C13H27N3O3/c1-3-11(6-7-14)4-5-12(17)16-10-13(18)15-8-9-19-2/h11H,3-10,14H2,1-2H3,(H,15,18)(H,16,17). The molecule has 1 atom stereocenters. The van der Waals surface area contributed by atoms with E-state index in [9.17, 15) is 9.59 Å². The van der Waals surface area contributed by atoms with E-state index in [-0.39, 0.29) is 18.4 Å². The number of hydrogen-bond donors (Lipinski definition) is 3. The van der Waals surface area contributed by atoms with Crippen LogP contribution in [0.4, 0.5) is 0 Å². The summed E-state index contributed by atoms with van der Waals surface area (Å²) in [5.41, 5.74) is 5.50. The number of methoxy groups -OCH3 is 1. The summed E-state index contributed by atoms with van der Waals surface area (Å²) in [5, 5.41) is 5.25. The van der Waals surface area contributed by atoms with Crippen LogP contribution in [0.1, 0.15) is 32.6 Å². The Labute approximate surface area is 115 Å². The third-order valence-electron chi connectivity index (χ3n) is 3.01. The molecule has 0 rings (SSSR count). The molecule has 0 aliphatic carbocycles. The predicted octanol–water partition coefficient (Wildman–Crippen LogP) is 0.0204. The van der Waals surface area contributed by atoms with E-state index in [2.05, 4.69) is 17.6 Å². The van der Waals surface area contributed by atoms with E-state index in [0.29, 0.717) is 32.0 Å². The molecular formula is C13H27N3O3. The molecule has 0 heterocycles. The SMILES string of the molecule is CCC(CCN)CCC(=O)NCC(=O)NCCOC. The van der Waals surface area contributed by atoms with Crippen molar-refractivity contribution in [3.8, 4) is 0 Å². The van der Waals surface area contributed by atoms with E-state index in [0.717, 1.165) is 19.3 Å². The van der Waals surface area contributed by atoms with Gasteiger partial charge < -0.3 is 21.1 Å². The fourth-order valence-corrected chi connectivity index (χ4v) is 1.75. The molecule has 6 heteroatoms. The van der Waals surface area contributed by atoms with Crippen molar-refractivity contribution in [3.63, 3.8) is 0 Å². The normalized spacial score (nSPS) is 11.9. The summed E-state index contributed by atoms with van der Waals surface area (Å²) in [6.45, 7) is 3.70. The maximum atomic E-state index is 11.6. The molecule has 1 unspecified atom stereocenters. The summed E-state index contributed by atoms with van der Waals surface area (Å²) < 4.78 is 4.81. The van der Waals surface area contributed by atoms with E-state index in [1.165, 1.54) is 0 Å². The Morgan fingerprint density at radius 3 is 2.53 bits per heavy atom. The van der Waals surface area contributed by atoms with Gasteiger partial charge >= 0.3 is 0 Å². The summed E-state index contributed by atoms with van der Waals surface area (Å²) in [4.78, 5) is 22.9. The highest BCUT2D eigenvalue weighted by atomic mass is 16.5. The quantitative estimate of drug-likeness (QED) is 0.463. The minimum Gasteiger partial charge on any atom is -0.383 e. The third-order valence-corrected chi connectivity index (χ3v) is 3.01. The van der Waals surface area contributed by atoms with Crippen LogP contribution in [-0.4, -0.2) is 45.2 Å². The summed E-state index contributed by atoms with van der Waals surface area (Å²) in [6.07, 6.45) is 3.25. The molecule has 0 fully saturated rings. The van der Waals surface area contributed by atoms with Crippen LogP contribution in [0.25, 0.3) is 0 Å². The Morgan fingerprint density at radius 2 is 1.95 bits per heavy atom. The second-order valence-electron chi connectivity index (χ2n) is 4.51. The Balaban J connectivity index is 3.65. The molecule has 0 spiro atoms. The zero-order valence-corrected chi connectivity index (χ0v) is 12.0. The molecule has 0 aromatic rings. The molecule has 112 valence electrons. The zero-order valence-electron chi connectivity index (χ0n) is 12.0. The number of carbonyl (C=O) groups is 2. The molecule has 0 saturated heterocycles. The molecular weight excluding hydrogens is 246 g/mol. The number of carbonyl (C=O) groups excluding carboxylic acids is 2. The first-order valence-electron chi connectivity index (χ1n) is 6.86. The van der Waals surface area contributed by atoms with Crippen LogP contribution in [0, 0.1) is 5.92 Å². The van der Waals surface area contributed by atoms with Crippen LogP contribution in [0.5, 0.6) is 0 Å². The fourth-order valence-electron chi connectivity index (χ4n) is 1.75. The number of nitrogens with two attached hydrogens (primary N) is 1. The molecule has 0 saturated carbocycles. The van der Waals surface area contributed by atoms with Crippen LogP contribution in [0.2, 0.25) is 0 Å². The van der Waals surface area contributed by atoms with Crippen molar-refractivity contribution in [2.45, 2.75) is 32.6 Å². The van der Waals surface area contributed by atoms with Gasteiger partial charge in [0, 0.05) is 20.1 Å². The predicted molar refractivity (Wildman–Crippen MR) is 74.6 cm³/mol. The lowest BCUT2D eigenvalue weighted by Crippen LogP contribution is -2.38. The van der Waals surface area contributed by atoms with E-state index in [1.54, 1.807) is 7.11 Å². The number of nitrogens with one attached hydrogen (secondary N) is 2. The molecule has 2 amide bonds. The Bertz CT molecular complexity index is 260. The molecule has 0 aromatic carbocycles. The van der Waals surface area contributed by atoms with E-state index >= 15 is 0 Å². The maximum Gasteiger partial charge on any atom is 0.239 e. The average Bonchev–Trinajstić information content (AvgIpc) is 2.41. The van der Waals surface area contributed by atoms with Crippen LogP contribution in [-0.2, 0) is 14.3 Å². The summed E-state index contributed by atoms with van der Waals surface area (Å²) in [5.74, 6) is 0.211. The van der Waals surface area contributed by atoms with Gasteiger partial charge in [-0.2, -0.15) is 0 Å². The van der Waals surface area contributed by atoms with Gasteiger partial charge in [0.05, 0.1) is 13.2 Å². The average molecular weight is 273 g/mol. The maximum absolute atomic E-state index is 11.6. The van der Waals surface area contributed by atoms with Gasteiger partial charge in [-0.05, 0) is 25.3 Å². The Morgan fingerprint density at radius 1 is 1.21 bits per heavy atom. The van der Waals surface area contributed by atoms with Crippen LogP contribution >= 0.6 is 0 Å². The number of hydrogen-bond acceptors (Lipinski definition) is 4. The number of rotatable bonds is 11. The Hall–Kier alpha value is -1.14. The monoisotopic (exact) mass is 273 g/mol. The van der Waals surface area contributed by atoms with Crippen molar-refractivity contribution >= 4 is 11.8 Å².